The number of benzene rings is 1. The van der Waals surface area contributed by atoms with Crippen LogP contribution in [-0.4, -0.2) is 20.6 Å². The Labute approximate surface area is 101 Å². The van der Waals surface area contributed by atoms with Crippen LogP contribution in [-0.2, 0) is 0 Å². The fraction of sp³-hybridized carbons (Fsp3) is 0.0909. The summed E-state index contributed by atoms with van der Waals surface area (Å²) in [4.78, 5) is 14.8. The Hall–Kier alpha value is -1.62. The second-order valence-corrected chi connectivity index (χ2v) is 4.15. The molecule has 0 atom stereocenters. The molecule has 1 aromatic heterocycles. The SMILES string of the molecule is Cc1nc(C(=O)O)cn1-c1ccccc1Br. The van der Waals surface area contributed by atoms with Crippen molar-refractivity contribution in [2.45, 2.75) is 6.92 Å². The quantitative estimate of drug-likeness (QED) is 0.920. The summed E-state index contributed by atoms with van der Waals surface area (Å²) < 4.78 is 2.64. The number of carboxylic acid groups (broad SMARTS) is 1. The molecule has 0 aliphatic carbocycles. The lowest BCUT2D eigenvalue weighted by Gasteiger charge is -2.06. The molecule has 0 unspecified atom stereocenters. The van der Waals surface area contributed by atoms with Crippen molar-refractivity contribution in [1.29, 1.82) is 0 Å². The Morgan fingerprint density at radius 3 is 2.69 bits per heavy atom. The number of imidazole rings is 1. The predicted octanol–water partition coefficient (Wildman–Crippen LogP) is 2.64. The molecule has 2 aromatic rings. The smallest absolute Gasteiger partial charge is 0.356 e. The molecule has 1 aromatic carbocycles. The van der Waals surface area contributed by atoms with E-state index in [0.717, 1.165) is 10.2 Å². The van der Waals surface area contributed by atoms with E-state index < -0.39 is 5.97 Å². The van der Waals surface area contributed by atoms with Crippen LogP contribution in [0.3, 0.4) is 0 Å². The van der Waals surface area contributed by atoms with Crippen LogP contribution in [0.15, 0.2) is 34.9 Å². The van der Waals surface area contributed by atoms with Crippen molar-refractivity contribution < 1.29 is 9.90 Å². The second-order valence-electron chi connectivity index (χ2n) is 3.30. The van der Waals surface area contributed by atoms with Gasteiger partial charge in [0.1, 0.15) is 5.82 Å². The lowest BCUT2D eigenvalue weighted by molar-refractivity contribution is 0.0691. The maximum absolute atomic E-state index is 10.8. The molecule has 16 heavy (non-hydrogen) atoms. The van der Waals surface area contributed by atoms with Crippen LogP contribution < -0.4 is 0 Å². The van der Waals surface area contributed by atoms with Crippen molar-refractivity contribution in [2.75, 3.05) is 0 Å². The van der Waals surface area contributed by atoms with E-state index in [1.165, 1.54) is 6.20 Å². The Balaban J connectivity index is 2.57. The van der Waals surface area contributed by atoms with Gasteiger partial charge in [0, 0.05) is 10.7 Å². The number of nitrogens with zero attached hydrogens (tertiary/aromatic N) is 2. The summed E-state index contributed by atoms with van der Waals surface area (Å²) in [5.74, 6) is -0.377. The number of para-hydroxylation sites is 1. The van der Waals surface area contributed by atoms with Gasteiger partial charge < -0.3 is 9.67 Å². The Morgan fingerprint density at radius 2 is 2.12 bits per heavy atom. The number of hydrogen-bond donors (Lipinski definition) is 1. The molecule has 0 bridgehead atoms. The molecule has 0 saturated carbocycles. The third kappa shape index (κ3) is 1.86. The number of carboxylic acids is 1. The number of carbonyl (C=O) groups is 1. The molecule has 0 aliphatic heterocycles. The molecule has 0 radical (unpaired) electrons. The van der Waals surface area contributed by atoms with Crippen molar-refractivity contribution >= 4 is 21.9 Å². The number of rotatable bonds is 2. The van der Waals surface area contributed by atoms with E-state index in [-0.39, 0.29) is 5.69 Å². The lowest BCUT2D eigenvalue weighted by Crippen LogP contribution is -1.96. The summed E-state index contributed by atoms with van der Waals surface area (Å²) in [6.07, 6.45) is 1.51. The molecule has 1 N–H and O–H groups in total. The Kier molecular flexibility index (Phi) is 2.78. The van der Waals surface area contributed by atoms with Crippen molar-refractivity contribution in [3.63, 3.8) is 0 Å². The third-order valence-corrected chi connectivity index (χ3v) is 2.88. The fourth-order valence-corrected chi connectivity index (χ4v) is 1.94. The summed E-state index contributed by atoms with van der Waals surface area (Å²) >= 11 is 3.42. The first-order chi connectivity index (χ1) is 7.59. The van der Waals surface area contributed by atoms with Crippen molar-refractivity contribution in [1.82, 2.24) is 9.55 Å². The standard InChI is InChI=1S/C11H9BrN2O2/c1-7-13-9(11(15)16)6-14(7)10-5-3-2-4-8(10)12/h2-6H,1H3,(H,15,16). The number of hydrogen-bond acceptors (Lipinski definition) is 2. The predicted molar refractivity (Wildman–Crippen MR) is 63.0 cm³/mol. The Morgan fingerprint density at radius 1 is 1.44 bits per heavy atom. The third-order valence-electron chi connectivity index (χ3n) is 2.21. The first kappa shape index (κ1) is 10.9. The van der Waals surface area contributed by atoms with Gasteiger partial charge in [-0.1, -0.05) is 12.1 Å². The maximum Gasteiger partial charge on any atom is 0.356 e. The van der Waals surface area contributed by atoms with Crippen LogP contribution in [0.2, 0.25) is 0 Å². The molecule has 0 saturated heterocycles. The maximum atomic E-state index is 10.8. The summed E-state index contributed by atoms with van der Waals surface area (Å²) in [5, 5.41) is 8.85. The number of aromatic carboxylic acids is 1. The van der Waals surface area contributed by atoms with E-state index in [2.05, 4.69) is 20.9 Å². The van der Waals surface area contributed by atoms with Crippen molar-refractivity contribution in [3.05, 3.63) is 46.5 Å². The van der Waals surface area contributed by atoms with E-state index in [1.54, 1.807) is 11.5 Å². The molecular weight excluding hydrogens is 272 g/mol. The molecule has 0 amide bonds. The average molecular weight is 281 g/mol. The van der Waals surface area contributed by atoms with Gasteiger partial charge in [0.2, 0.25) is 0 Å². The highest BCUT2D eigenvalue weighted by atomic mass is 79.9. The second kappa shape index (κ2) is 4.09. The van der Waals surface area contributed by atoms with Gasteiger partial charge in [-0.15, -0.1) is 0 Å². The Bertz CT molecular complexity index is 549. The van der Waals surface area contributed by atoms with E-state index >= 15 is 0 Å². The van der Waals surface area contributed by atoms with Gasteiger partial charge in [-0.3, -0.25) is 0 Å². The average Bonchev–Trinajstić information content (AvgIpc) is 2.61. The highest BCUT2D eigenvalue weighted by Gasteiger charge is 2.12. The zero-order chi connectivity index (χ0) is 11.7. The van der Waals surface area contributed by atoms with Gasteiger partial charge in [-0.05, 0) is 35.0 Å². The van der Waals surface area contributed by atoms with Gasteiger partial charge in [0.15, 0.2) is 5.69 Å². The van der Waals surface area contributed by atoms with E-state index in [0.29, 0.717) is 5.82 Å². The van der Waals surface area contributed by atoms with E-state index in [4.69, 9.17) is 5.11 Å². The molecule has 4 nitrogen and oxygen atoms in total. The van der Waals surface area contributed by atoms with Gasteiger partial charge >= 0.3 is 5.97 Å². The van der Waals surface area contributed by atoms with Crippen molar-refractivity contribution in [2.24, 2.45) is 0 Å². The van der Waals surface area contributed by atoms with Crippen LogP contribution in [0.5, 0.6) is 0 Å². The van der Waals surface area contributed by atoms with Crippen LogP contribution in [0, 0.1) is 6.92 Å². The first-order valence-electron chi connectivity index (χ1n) is 4.64. The zero-order valence-electron chi connectivity index (χ0n) is 8.51. The largest absolute Gasteiger partial charge is 0.476 e. The molecular formula is C11H9BrN2O2. The van der Waals surface area contributed by atoms with Crippen LogP contribution >= 0.6 is 15.9 Å². The van der Waals surface area contributed by atoms with Gasteiger partial charge in [-0.25, -0.2) is 9.78 Å². The summed E-state index contributed by atoms with van der Waals surface area (Å²) in [5.41, 5.74) is 0.924. The number of aromatic nitrogens is 2. The van der Waals surface area contributed by atoms with Crippen LogP contribution in [0.25, 0.3) is 5.69 Å². The summed E-state index contributed by atoms with van der Waals surface area (Å²) in [6, 6.07) is 7.58. The summed E-state index contributed by atoms with van der Waals surface area (Å²) in [7, 11) is 0. The fourth-order valence-electron chi connectivity index (χ4n) is 1.47. The highest BCUT2D eigenvalue weighted by Crippen LogP contribution is 2.22. The summed E-state index contributed by atoms with van der Waals surface area (Å²) in [6.45, 7) is 1.77. The monoisotopic (exact) mass is 280 g/mol. The minimum Gasteiger partial charge on any atom is -0.476 e. The van der Waals surface area contributed by atoms with E-state index in [9.17, 15) is 4.79 Å². The normalized spacial score (nSPS) is 10.4. The zero-order valence-corrected chi connectivity index (χ0v) is 10.1. The first-order valence-corrected chi connectivity index (χ1v) is 5.43. The van der Waals surface area contributed by atoms with Gasteiger partial charge in [-0.2, -0.15) is 0 Å². The minimum absolute atomic E-state index is 0.0493. The van der Waals surface area contributed by atoms with Gasteiger partial charge in [0.05, 0.1) is 5.69 Å². The molecule has 0 spiro atoms. The number of aryl methyl sites for hydroxylation is 1. The molecule has 1 heterocycles. The molecule has 0 fully saturated rings. The lowest BCUT2D eigenvalue weighted by atomic mass is 10.3. The van der Waals surface area contributed by atoms with Crippen molar-refractivity contribution in [3.8, 4) is 5.69 Å². The van der Waals surface area contributed by atoms with Gasteiger partial charge in [0.25, 0.3) is 0 Å². The van der Waals surface area contributed by atoms with Crippen LogP contribution in [0.1, 0.15) is 16.3 Å². The number of halogens is 1. The van der Waals surface area contributed by atoms with E-state index in [1.807, 2.05) is 24.3 Å². The topological polar surface area (TPSA) is 55.1 Å². The molecule has 2 rings (SSSR count). The highest BCUT2D eigenvalue weighted by molar-refractivity contribution is 9.10. The molecule has 0 aliphatic rings. The molecule has 5 heteroatoms. The molecule has 82 valence electrons. The minimum atomic E-state index is -1.02. The van der Waals surface area contributed by atoms with Crippen LogP contribution in [0.4, 0.5) is 0 Å².